The molecule has 26 heavy (non-hydrogen) atoms. The number of hydrogen-bond donors (Lipinski definition) is 0. The number of benzene rings is 2. The van der Waals surface area contributed by atoms with Crippen molar-refractivity contribution in [1.29, 1.82) is 5.26 Å². The number of carbonyl (C=O) groups is 1. The third kappa shape index (κ3) is 3.31. The second kappa shape index (κ2) is 7.58. The van der Waals surface area contributed by atoms with Crippen molar-refractivity contribution in [3.05, 3.63) is 71.3 Å². The van der Waals surface area contributed by atoms with Crippen molar-refractivity contribution in [3.63, 3.8) is 0 Å². The highest BCUT2D eigenvalue weighted by Crippen LogP contribution is 2.38. The molecular weight excluding hydrogens is 330 g/mol. The van der Waals surface area contributed by atoms with Crippen LogP contribution in [-0.4, -0.2) is 19.7 Å². The molecule has 0 saturated heterocycles. The lowest BCUT2D eigenvalue weighted by Crippen LogP contribution is -2.11. The minimum atomic E-state index is -0.646. The van der Waals surface area contributed by atoms with Gasteiger partial charge in [0, 0.05) is 16.7 Å². The average Bonchev–Trinajstić information content (AvgIpc) is 2.68. The lowest BCUT2D eigenvalue weighted by atomic mass is 9.95. The lowest BCUT2D eigenvalue weighted by Gasteiger charge is -2.21. The fourth-order valence-corrected chi connectivity index (χ4v) is 2.66. The highest BCUT2D eigenvalue weighted by atomic mass is 16.5. The van der Waals surface area contributed by atoms with Crippen molar-refractivity contribution < 1.29 is 19.0 Å². The Morgan fingerprint density at radius 1 is 1.15 bits per heavy atom. The van der Waals surface area contributed by atoms with E-state index in [1.807, 2.05) is 48.5 Å². The van der Waals surface area contributed by atoms with Gasteiger partial charge in [0.05, 0.1) is 13.7 Å². The smallest absolute Gasteiger partial charge is 0.349 e. The van der Waals surface area contributed by atoms with Crippen molar-refractivity contribution in [1.82, 2.24) is 0 Å². The van der Waals surface area contributed by atoms with E-state index in [-0.39, 0.29) is 12.2 Å². The quantitative estimate of drug-likeness (QED) is 0.475. The zero-order valence-electron chi connectivity index (χ0n) is 14.5. The highest BCUT2D eigenvalue weighted by Gasteiger charge is 2.24. The molecule has 0 amide bonds. The summed E-state index contributed by atoms with van der Waals surface area (Å²) in [6.07, 6.45) is 1.69. The summed E-state index contributed by atoms with van der Waals surface area (Å²) in [5.41, 5.74) is 1.92. The maximum atomic E-state index is 12.2. The second-order valence-electron chi connectivity index (χ2n) is 5.46. The molecule has 0 N–H and O–H groups in total. The van der Waals surface area contributed by atoms with Gasteiger partial charge in [-0.05, 0) is 43.3 Å². The van der Waals surface area contributed by atoms with Gasteiger partial charge in [-0.15, -0.1) is 0 Å². The third-order valence-corrected chi connectivity index (χ3v) is 3.91. The summed E-state index contributed by atoms with van der Waals surface area (Å²) in [7, 11) is 1.60. The van der Waals surface area contributed by atoms with Crippen LogP contribution in [0.3, 0.4) is 0 Å². The maximum absolute atomic E-state index is 12.2. The molecule has 2 aromatic rings. The molecule has 5 nitrogen and oxygen atoms in total. The van der Waals surface area contributed by atoms with E-state index < -0.39 is 5.97 Å². The fourth-order valence-electron chi connectivity index (χ4n) is 2.66. The van der Waals surface area contributed by atoms with Crippen LogP contribution in [-0.2, 0) is 9.53 Å². The van der Waals surface area contributed by atoms with Gasteiger partial charge in [-0.3, -0.25) is 0 Å². The molecule has 0 fully saturated rings. The topological polar surface area (TPSA) is 68.6 Å². The molecule has 3 rings (SSSR count). The van der Waals surface area contributed by atoms with Crippen molar-refractivity contribution in [2.45, 2.75) is 6.92 Å². The molecule has 1 heterocycles. The van der Waals surface area contributed by atoms with Crippen LogP contribution < -0.4 is 9.47 Å². The van der Waals surface area contributed by atoms with Gasteiger partial charge in [-0.2, -0.15) is 5.26 Å². The van der Waals surface area contributed by atoms with E-state index in [2.05, 4.69) is 0 Å². The summed E-state index contributed by atoms with van der Waals surface area (Å²) < 4.78 is 16.2. The Bertz CT molecular complexity index is 933. The molecular formula is C21H17NO4. The Kier molecular flexibility index (Phi) is 5.04. The number of nitrogens with zero attached hydrogens (tertiary/aromatic N) is 1. The molecule has 0 spiro atoms. The molecule has 0 radical (unpaired) electrons. The van der Waals surface area contributed by atoms with Crippen LogP contribution in [0.5, 0.6) is 11.5 Å². The number of allylic oxidation sites excluding steroid dienone is 2. The van der Waals surface area contributed by atoms with Crippen LogP contribution in [0.4, 0.5) is 0 Å². The minimum absolute atomic E-state index is 0.0476. The minimum Gasteiger partial charge on any atom is -0.497 e. The molecule has 130 valence electrons. The van der Waals surface area contributed by atoms with Gasteiger partial charge in [0.25, 0.3) is 0 Å². The molecule has 1 aliphatic rings. The number of hydrogen-bond acceptors (Lipinski definition) is 5. The summed E-state index contributed by atoms with van der Waals surface area (Å²) in [5.74, 6) is 1.20. The Morgan fingerprint density at radius 3 is 2.54 bits per heavy atom. The van der Waals surface area contributed by atoms with Gasteiger partial charge in [0.15, 0.2) is 0 Å². The SMILES string of the molecule is CCOC(=O)C(C#N)=C1C=C(c2ccc(OC)cc2)Oc2ccccc21. The normalized spacial score (nSPS) is 14.3. The zero-order chi connectivity index (χ0) is 18.5. The monoisotopic (exact) mass is 347 g/mol. The van der Waals surface area contributed by atoms with Gasteiger partial charge < -0.3 is 14.2 Å². The average molecular weight is 347 g/mol. The van der Waals surface area contributed by atoms with Crippen molar-refractivity contribution in [2.24, 2.45) is 0 Å². The van der Waals surface area contributed by atoms with Crippen LogP contribution in [0, 0.1) is 11.3 Å². The number of methoxy groups -OCH3 is 1. The van der Waals surface area contributed by atoms with Gasteiger partial charge in [0.1, 0.15) is 28.9 Å². The molecule has 0 bridgehead atoms. The molecule has 5 heteroatoms. The van der Waals surface area contributed by atoms with E-state index >= 15 is 0 Å². The standard InChI is InChI=1S/C21H17NO4/c1-3-25-21(23)18(13-22)17-12-20(14-8-10-15(24-2)11-9-14)26-19-7-5-4-6-16(17)19/h4-12H,3H2,1-2H3. The third-order valence-electron chi connectivity index (χ3n) is 3.91. The number of carbonyl (C=O) groups excluding carboxylic acids is 1. The summed E-state index contributed by atoms with van der Waals surface area (Å²) in [4.78, 5) is 12.2. The summed E-state index contributed by atoms with van der Waals surface area (Å²) in [6, 6.07) is 16.6. The van der Waals surface area contributed by atoms with Crippen LogP contribution in [0.15, 0.2) is 60.2 Å². The number of nitriles is 1. The molecule has 0 atom stereocenters. The van der Waals surface area contributed by atoms with Crippen molar-refractivity contribution in [2.75, 3.05) is 13.7 Å². The van der Waals surface area contributed by atoms with E-state index in [9.17, 15) is 10.1 Å². The zero-order valence-corrected chi connectivity index (χ0v) is 14.5. The number of ether oxygens (including phenoxy) is 3. The van der Waals surface area contributed by atoms with E-state index in [0.717, 1.165) is 11.3 Å². The fraction of sp³-hybridized carbons (Fsp3) is 0.143. The predicted molar refractivity (Wildman–Crippen MR) is 97.2 cm³/mol. The van der Waals surface area contributed by atoms with E-state index in [0.29, 0.717) is 22.6 Å². The highest BCUT2D eigenvalue weighted by molar-refractivity contribution is 6.06. The van der Waals surface area contributed by atoms with Gasteiger partial charge in [0.2, 0.25) is 0 Å². The van der Waals surface area contributed by atoms with Crippen LogP contribution in [0.2, 0.25) is 0 Å². The Morgan fingerprint density at radius 2 is 1.88 bits per heavy atom. The molecule has 0 unspecified atom stereocenters. The van der Waals surface area contributed by atoms with Gasteiger partial charge >= 0.3 is 5.97 Å². The number of para-hydroxylation sites is 1. The Balaban J connectivity index is 2.15. The van der Waals surface area contributed by atoms with Crippen LogP contribution >= 0.6 is 0 Å². The number of esters is 1. The first kappa shape index (κ1) is 17.3. The van der Waals surface area contributed by atoms with Gasteiger partial charge in [-0.25, -0.2) is 4.79 Å². The number of rotatable bonds is 4. The van der Waals surface area contributed by atoms with Crippen molar-refractivity contribution in [3.8, 4) is 17.6 Å². The predicted octanol–water partition coefficient (Wildman–Crippen LogP) is 3.97. The van der Waals surface area contributed by atoms with Gasteiger partial charge in [-0.1, -0.05) is 18.2 Å². The Hall–Kier alpha value is -3.52. The second-order valence-corrected chi connectivity index (χ2v) is 5.46. The summed E-state index contributed by atoms with van der Waals surface area (Å²) >= 11 is 0. The van der Waals surface area contributed by atoms with E-state index in [1.54, 1.807) is 26.2 Å². The molecule has 0 aliphatic carbocycles. The first-order valence-corrected chi connectivity index (χ1v) is 8.12. The van der Waals surface area contributed by atoms with E-state index in [4.69, 9.17) is 14.2 Å². The van der Waals surface area contributed by atoms with Crippen LogP contribution in [0.1, 0.15) is 18.1 Å². The first-order chi connectivity index (χ1) is 12.7. The summed E-state index contributed by atoms with van der Waals surface area (Å²) in [5, 5.41) is 9.53. The molecule has 0 aromatic heterocycles. The van der Waals surface area contributed by atoms with Crippen LogP contribution in [0.25, 0.3) is 11.3 Å². The Labute approximate surface area is 151 Å². The molecule has 1 aliphatic heterocycles. The lowest BCUT2D eigenvalue weighted by molar-refractivity contribution is -0.137. The van der Waals surface area contributed by atoms with Crippen molar-refractivity contribution >= 4 is 17.3 Å². The number of fused-ring (bicyclic) bond motifs is 1. The molecule has 2 aromatic carbocycles. The largest absolute Gasteiger partial charge is 0.497 e. The van der Waals surface area contributed by atoms with E-state index in [1.165, 1.54) is 0 Å². The first-order valence-electron chi connectivity index (χ1n) is 8.12. The summed E-state index contributed by atoms with van der Waals surface area (Å²) in [6.45, 7) is 1.90. The maximum Gasteiger partial charge on any atom is 0.349 e. The molecule has 0 saturated carbocycles.